The molecule has 0 fully saturated rings. The van der Waals surface area contributed by atoms with Crippen molar-refractivity contribution in [1.29, 1.82) is 0 Å². The van der Waals surface area contributed by atoms with Crippen LogP contribution in [0.25, 0.3) is 0 Å². The van der Waals surface area contributed by atoms with E-state index in [1.807, 2.05) is 7.05 Å². The van der Waals surface area contributed by atoms with Crippen molar-refractivity contribution in [3.8, 4) is 0 Å². The Labute approximate surface area is 103 Å². The molecular weight excluding hydrogens is 214 g/mol. The summed E-state index contributed by atoms with van der Waals surface area (Å²) in [6, 6.07) is 8.47. The number of carboxylic acids is 1. The molecule has 0 amide bonds. The third-order valence-corrected chi connectivity index (χ3v) is 2.91. The van der Waals surface area contributed by atoms with Gasteiger partial charge >= 0.3 is 5.97 Å². The van der Waals surface area contributed by atoms with Crippen LogP contribution in [0.2, 0.25) is 0 Å². The Kier molecular flexibility index (Phi) is 5.16. The minimum Gasteiger partial charge on any atom is -0.481 e. The van der Waals surface area contributed by atoms with E-state index in [1.54, 1.807) is 6.92 Å². The second-order valence-electron chi connectivity index (χ2n) is 4.74. The number of nitrogens with zero attached hydrogens (tertiary/aromatic N) is 1. The minimum atomic E-state index is -0.729. The monoisotopic (exact) mass is 235 g/mol. The molecule has 17 heavy (non-hydrogen) atoms. The predicted molar refractivity (Wildman–Crippen MR) is 69.2 cm³/mol. The van der Waals surface area contributed by atoms with Crippen LogP contribution in [0, 0.1) is 12.8 Å². The maximum atomic E-state index is 10.7. The van der Waals surface area contributed by atoms with Gasteiger partial charge in [-0.25, -0.2) is 0 Å². The third kappa shape index (κ3) is 5.00. The number of carbonyl (C=O) groups is 1. The zero-order chi connectivity index (χ0) is 12.8. The number of hydrogen-bond donors (Lipinski definition) is 1. The van der Waals surface area contributed by atoms with E-state index in [1.165, 1.54) is 11.1 Å². The first-order valence-corrected chi connectivity index (χ1v) is 5.96. The molecule has 94 valence electrons. The molecule has 1 unspecified atom stereocenters. The quantitative estimate of drug-likeness (QED) is 0.821. The molecule has 0 saturated heterocycles. The lowest BCUT2D eigenvalue weighted by Gasteiger charge is -2.18. The predicted octanol–water partition coefficient (Wildman–Crippen LogP) is 2.19. The fraction of sp³-hybridized carbons (Fsp3) is 0.500. The van der Waals surface area contributed by atoms with Gasteiger partial charge in [-0.15, -0.1) is 0 Å². The maximum absolute atomic E-state index is 10.7. The SMILES string of the molecule is Cc1ccc(CCN(C)CC(C)C(=O)O)cc1. The summed E-state index contributed by atoms with van der Waals surface area (Å²) in [5, 5.41) is 8.82. The van der Waals surface area contributed by atoms with Crippen LogP contribution in [0.5, 0.6) is 0 Å². The van der Waals surface area contributed by atoms with Crippen molar-refractivity contribution in [2.24, 2.45) is 5.92 Å². The second-order valence-corrected chi connectivity index (χ2v) is 4.74. The first kappa shape index (κ1) is 13.7. The third-order valence-electron chi connectivity index (χ3n) is 2.91. The number of carboxylic acid groups (broad SMARTS) is 1. The van der Waals surface area contributed by atoms with E-state index in [0.29, 0.717) is 6.54 Å². The van der Waals surface area contributed by atoms with Crippen molar-refractivity contribution in [3.63, 3.8) is 0 Å². The Morgan fingerprint density at radius 3 is 2.47 bits per heavy atom. The van der Waals surface area contributed by atoms with Gasteiger partial charge in [0.05, 0.1) is 5.92 Å². The van der Waals surface area contributed by atoms with Gasteiger partial charge in [-0.3, -0.25) is 4.79 Å². The summed E-state index contributed by atoms with van der Waals surface area (Å²) in [6.07, 6.45) is 0.961. The summed E-state index contributed by atoms with van der Waals surface area (Å²) in [4.78, 5) is 12.8. The number of rotatable bonds is 6. The highest BCUT2D eigenvalue weighted by Gasteiger charge is 2.13. The summed E-state index contributed by atoms with van der Waals surface area (Å²) in [7, 11) is 1.97. The summed E-state index contributed by atoms with van der Waals surface area (Å²) in [5.41, 5.74) is 2.56. The Morgan fingerprint density at radius 1 is 1.35 bits per heavy atom. The molecule has 0 radical (unpaired) electrons. The fourth-order valence-corrected chi connectivity index (χ4v) is 1.71. The smallest absolute Gasteiger partial charge is 0.307 e. The Morgan fingerprint density at radius 2 is 1.94 bits per heavy atom. The molecule has 1 rings (SSSR count). The highest BCUT2D eigenvalue weighted by molar-refractivity contribution is 5.69. The van der Waals surface area contributed by atoms with Crippen LogP contribution >= 0.6 is 0 Å². The summed E-state index contributed by atoms with van der Waals surface area (Å²) < 4.78 is 0. The average Bonchev–Trinajstić information content (AvgIpc) is 2.28. The van der Waals surface area contributed by atoms with Crippen LogP contribution in [-0.2, 0) is 11.2 Å². The van der Waals surface area contributed by atoms with E-state index in [-0.39, 0.29) is 5.92 Å². The van der Waals surface area contributed by atoms with E-state index in [2.05, 4.69) is 36.1 Å². The van der Waals surface area contributed by atoms with Gasteiger partial charge in [-0.2, -0.15) is 0 Å². The minimum absolute atomic E-state index is 0.307. The van der Waals surface area contributed by atoms with Crippen molar-refractivity contribution >= 4 is 5.97 Å². The van der Waals surface area contributed by atoms with Crippen molar-refractivity contribution in [1.82, 2.24) is 4.90 Å². The molecule has 0 aliphatic rings. The summed E-state index contributed by atoms with van der Waals surface area (Å²) in [6.45, 7) is 5.30. The van der Waals surface area contributed by atoms with Gasteiger partial charge in [-0.1, -0.05) is 36.8 Å². The van der Waals surface area contributed by atoms with Crippen molar-refractivity contribution < 1.29 is 9.90 Å². The molecule has 0 heterocycles. The lowest BCUT2D eigenvalue weighted by molar-refractivity contribution is -0.141. The summed E-state index contributed by atoms with van der Waals surface area (Å²) in [5.74, 6) is -1.04. The molecule has 3 heteroatoms. The molecule has 0 bridgehead atoms. The molecule has 1 aromatic rings. The van der Waals surface area contributed by atoms with Gasteiger partial charge in [0.15, 0.2) is 0 Å². The lowest BCUT2D eigenvalue weighted by Crippen LogP contribution is -2.30. The van der Waals surface area contributed by atoms with Crippen LogP contribution in [0.1, 0.15) is 18.1 Å². The van der Waals surface area contributed by atoms with E-state index in [4.69, 9.17) is 5.11 Å². The Bertz CT molecular complexity index is 359. The molecular formula is C14H21NO2. The molecule has 0 spiro atoms. The average molecular weight is 235 g/mol. The van der Waals surface area contributed by atoms with Crippen LogP contribution in [0.15, 0.2) is 24.3 Å². The maximum Gasteiger partial charge on any atom is 0.307 e. The molecule has 1 aromatic carbocycles. The first-order chi connectivity index (χ1) is 7.99. The molecule has 0 aromatic heterocycles. The zero-order valence-electron chi connectivity index (χ0n) is 10.8. The normalized spacial score (nSPS) is 12.7. The number of aryl methyl sites for hydroxylation is 1. The largest absolute Gasteiger partial charge is 0.481 e. The number of likely N-dealkylation sites (N-methyl/N-ethyl adjacent to an activating group) is 1. The topological polar surface area (TPSA) is 40.5 Å². The molecule has 0 aliphatic heterocycles. The van der Waals surface area contributed by atoms with Gasteiger partial charge in [0.2, 0.25) is 0 Å². The van der Waals surface area contributed by atoms with E-state index < -0.39 is 5.97 Å². The highest BCUT2D eigenvalue weighted by Crippen LogP contribution is 2.05. The van der Waals surface area contributed by atoms with E-state index in [0.717, 1.165) is 13.0 Å². The van der Waals surface area contributed by atoms with Gasteiger partial charge in [0, 0.05) is 13.1 Å². The fourth-order valence-electron chi connectivity index (χ4n) is 1.71. The van der Waals surface area contributed by atoms with E-state index >= 15 is 0 Å². The number of benzene rings is 1. The van der Waals surface area contributed by atoms with Crippen LogP contribution in [0.3, 0.4) is 0 Å². The van der Waals surface area contributed by atoms with Crippen molar-refractivity contribution in [2.45, 2.75) is 20.3 Å². The molecule has 0 aliphatic carbocycles. The van der Waals surface area contributed by atoms with E-state index in [9.17, 15) is 4.79 Å². The Balaban J connectivity index is 2.35. The summed E-state index contributed by atoms with van der Waals surface area (Å²) >= 11 is 0. The molecule has 1 atom stereocenters. The Hall–Kier alpha value is -1.35. The zero-order valence-corrected chi connectivity index (χ0v) is 10.8. The first-order valence-electron chi connectivity index (χ1n) is 5.96. The van der Waals surface area contributed by atoms with Crippen molar-refractivity contribution in [3.05, 3.63) is 35.4 Å². The molecule has 0 saturated carbocycles. The van der Waals surface area contributed by atoms with Gasteiger partial charge in [-0.05, 0) is 26.0 Å². The lowest BCUT2D eigenvalue weighted by atomic mass is 10.1. The van der Waals surface area contributed by atoms with Crippen LogP contribution < -0.4 is 0 Å². The van der Waals surface area contributed by atoms with Gasteiger partial charge in [0.1, 0.15) is 0 Å². The van der Waals surface area contributed by atoms with Crippen LogP contribution in [-0.4, -0.2) is 36.1 Å². The van der Waals surface area contributed by atoms with Gasteiger partial charge < -0.3 is 10.0 Å². The molecule has 3 nitrogen and oxygen atoms in total. The second kappa shape index (κ2) is 6.40. The van der Waals surface area contributed by atoms with Crippen molar-refractivity contribution in [2.75, 3.05) is 20.1 Å². The standard InChI is InChI=1S/C14H21NO2/c1-11-4-6-13(7-5-11)8-9-15(3)10-12(2)14(16)17/h4-7,12H,8-10H2,1-3H3,(H,16,17). The van der Waals surface area contributed by atoms with Gasteiger partial charge in [0.25, 0.3) is 0 Å². The van der Waals surface area contributed by atoms with Crippen LogP contribution in [0.4, 0.5) is 0 Å². The highest BCUT2D eigenvalue weighted by atomic mass is 16.4. The molecule has 1 N–H and O–H groups in total. The number of hydrogen-bond acceptors (Lipinski definition) is 2. The number of aliphatic carboxylic acids is 1.